The van der Waals surface area contributed by atoms with Crippen molar-refractivity contribution < 1.29 is 14.7 Å². The van der Waals surface area contributed by atoms with E-state index in [0.717, 1.165) is 12.8 Å². The minimum absolute atomic E-state index is 0.0417. The molecule has 12 heavy (non-hydrogen) atoms. The second kappa shape index (κ2) is 2.55. The summed E-state index contributed by atoms with van der Waals surface area (Å²) in [4.78, 5) is 22.0. The summed E-state index contributed by atoms with van der Waals surface area (Å²) in [6.07, 6.45) is 1.64. The molecule has 0 saturated heterocycles. The number of carbonyl (C=O) groups excluding carboxylic acids is 1. The van der Waals surface area contributed by atoms with Gasteiger partial charge in [0.1, 0.15) is 0 Å². The first-order valence-corrected chi connectivity index (χ1v) is 4.95. The first-order valence-electron chi connectivity index (χ1n) is 4.03. The fourth-order valence-corrected chi connectivity index (χ4v) is 3.38. The van der Waals surface area contributed by atoms with Crippen LogP contribution in [0.15, 0.2) is 0 Å². The zero-order chi connectivity index (χ0) is 8.88. The largest absolute Gasteiger partial charge is 0.481 e. The Hall–Kier alpha value is -0.380. The molecule has 0 heterocycles. The minimum Gasteiger partial charge on any atom is -0.481 e. The number of hydrogen-bond acceptors (Lipinski definition) is 2. The topological polar surface area (TPSA) is 54.4 Å². The number of hydrogen-bond donors (Lipinski definition) is 1. The van der Waals surface area contributed by atoms with E-state index in [9.17, 15) is 9.59 Å². The van der Waals surface area contributed by atoms with E-state index in [1.165, 1.54) is 0 Å². The number of ketones is 1. The third-order valence-electron chi connectivity index (χ3n) is 3.00. The lowest BCUT2D eigenvalue weighted by Gasteiger charge is -2.12. The molecule has 2 fully saturated rings. The van der Waals surface area contributed by atoms with Crippen LogP contribution >= 0.6 is 15.9 Å². The summed E-state index contributed by atoms with van der Waals surface area (Å²) in [5, 5.41) is 8.86. The molecule has 2 bridgehead atoms. The van der Waals surface area contributed by atoms with Crippen LogP contribution in [0.25, 0.3) is 0 Å². The van der Waals surface area contributed by atoms with E-state index in [4.69, 9.17) is 5.11 Å². The van der Waals surface area contributed by atoms with E-state index >= 15 is 0 Å². The van der Waals surface area contributed by atoms with Crippen LogP contribution in [0.1, 0.15) is 12.8 Å². The molecule has 2 aliphatic rings. The summed E-state index contributed by atoms with van der Waals surface area (Å²) >= 11 is 3.26. The van der Waals surface area contributed by atoms with Gasteiger partial charge >= 0.3 is 5.97 Å². The molecule has 4 unspecified atom stereocenters. The number of fused-ring (bicyclic) bond motifs is 2. The van der Waals surface area contributed by atoms with Crippen LogP contribution in [0.2, 0.25) is 0 Å². The molecule has 4 atom stereocenters. The number of carboxylic acid groups (broad SMARTS) is 1. The fraction of sp³-hybridized carbons (Fsp3) is 0.750. The van der Waals surface area contributed by atoms with Crippen molar-refractivity contribution in [3.05, 3.63) is 0 Å². The quantitative estimate of drug-likeness (QED) is 0.689. The Labute approximate surface area is 78.3 Å². The van der Waals surface area contributed by atoms with Crippen LogP contribution in [-0.4, -0.2) is 21.7 Å². The SMILES string of the molecule is O=C1C(Br)C2CCC1C2C(=O)O. The van der Waals surface area contributed by atoms with E-state index in [1.807, 2.05) is 0 Å². The van der Waals surface area contributed by atoms with Gasteiger partial charge in [0.2, 0.25) is 0 Å². The average Bonchev–Trinajstić information content (AvgIpc) is 2.51. The van der Waals surface area contributed by atoms with Crippen molar-refractivity contribution in [2.24, 2.45) is 17.8 Å². The Morgan fingerprint density at radius 1 is 1.50 bits per heavy atom. The van der Waals surface area contributed by atoms with Gasteiger partial charge in [-0.15, -0.1) is 0 Å². The molecule has 66 valence electrons. The average molecular weight is 233 g/mol. The number of halogens is 1. The van der Waals surface area contributed by atoms with Gasteiger partial charge in [0.15, 0.2) is 5.78 Å². The lowest BCUT2D eigenvalue weighted by atomic mass is 9.98. The van der Waals surface area contributed by atoms with Gasteiger partial charge in [0.05, 0.1) is 10.7 Å². The fourth-order valence-electron chi connectivity index (χ4n) is 2.45. The van der Waals surface area contributed by atoms with E-state index < -0.39 is 11.9 Å². The van der Waals surface area contributed by atoms with Gasteiger partial charge < -0.3 is 5.11 Å². The molecule has 0 radical (unpaired) electrons. The van der Waals surface area contributed by atoms with Gasteiger partial charge in [-0.25, -0.2) is 0 Å². The number of carboxylic acids is 1. The second-order valence-corrected chi connectivity index (χ2v) is 4.50. The highest BCUT2D eigenvalue weighted by molar-refractivity contribution is 9.10. The van der Waals surface area contributed by atoms with Crippen LogP contribution < -0.4 is 0 Å². The molecule has 2 rings (SSSR count). The Morgan fingerprint density at radius 3 is 2.50 bits per heavy atom. The zero-order valence-electron chi connectivity index (χ0n) is 6.37. The molecule has 2 aliphatic carbocycles. The first-order chi connectivity index (χ1) is 5.63. The van der Waals surface area contributed by atoms with Gasteiger partial charge in [-0.1, -0.05) is 15.9 Å². The summed E-state index contributed by atoms with van der Waals surface area (Å²) in [7, 11) is 0. The number of carbonyl (C=O) groups is 2. The van der Waals surface area contributed by atoms with Crippen LogP contribution in [0, 0.1) is 17.8 Å². The van der Waals surface area contributed by atoms with Gasteiger partial charge in [0.25, 0.3) is 0 Å². The van der Waals surface area contributed by atoms with Crippen molar-refractivity contribution in [1.29, 1.82) is 0 Å². The summed E-state index contributed by atoms with van der Waals surface area (Å²) < 4.78 is 0. The second-order valence-electron chi connectivity index (χ2n) is 3.52. The monoisotopic (exact) mass is 232 g/mol. The molecule has 3 nitrogen and oxygen atoms in total. The van der Waals surface area contributed by atoms with Gasteiger partial charge in [-0.2, -0.15) is 0 Å². The lowest BCUT2D eigenvalue weighted by molar-refractivity contribution is -0.144. The van der Waals surface area contributed by atoms with E-state index in [0.29, 0.717) is 0 Å². The maximum Gasteiger partial charge on any atom is 0.307 e. The summed E-state index contributed by atoms with van der Waals surface area (Å²) in [5.74, 6) is -1.30. The predicted molar refractivity (Wildman–Crippen MR) is 45.1 cm³/mol. The van der Waals surface area contributed by atoms with Gasteiger partial charge in [0, 0.05) is 5.92 Å². The highest BCUT2D eigenvalue weighted by Crippen LogP contribution is 2.49. The standard InChI is InChI=1S/C8H9BrO3/c9-6-3-1-2-4(7(6)10)5(3)8(11)12/h3-6H,1-2H2,(H,11,12). The molecular formula is C8H9BrO3. The molecule has 0 aromatic carbocycles. The van der Waals surface area contributed by atoms with E-state index in [1.54, 1.807) is 0 Å². The van der Waals surface area contributed by atoms with Gasteiger partial charge in [-0.3, -0.25) is 9.59 Å². The summed E-state index contributed by atoms with van der Waals surface area (Å²) in [6.45, 7) is 0. The van der Waals surface area contributed by atoms with E-state index in [2.05, 4.69) is 15.9 Å². The Bertz CT molecular complexity index is 251. The maximum absolute atomic E-state index is 11.4. The minimum atomic E-state index is -0.808. The number of rotatable bonds is 1. The third kappa shape index (κ3) is 0.873. The van der Waals surface area contributed by atoms with Crippen molar-refractivity contribution in [3.63, 3.8) is 0 Å². The summed E-state index contributed by atoms with van der Waals surface area (Å²) in [5.41, 5.74) is 0. The van der Waals surface area contributed by atoms with Crippen molar-refractivity contribution in [2.45, 2.75) is 17.7 Å². The van der Waals surface area contributed by atoms with Crippen molar-refractivity contribution in [2.75, 3.05) is 0 Å². The number of alkyl halides is 1. The normalized spacial score (nSPS) is 45.2. The number of aliphatic carboxylic acids is 1. The van der Waals surface area contributed by atoms with Crippen molar-refractivity contribution >= 4 is 27.7 Å². The third-order valence-corrected chi connectivity index (χ3v) is 4.13. The first kappa shape index (κ1) is 8.23. The molecule has 0 aromatic heterocycles. The van der Waals surface area contributed by atoms with Crippen molar-refractivity contribution in [3.8, 4) is 0 Å². The highest BCUT2D eigenvalue weighted by atomic mass is 79.9. The van der Waals surface area contributed by atoms with Crippen LogP contribution in [-0.2, 0) is 9.59 Å². The van der Waals surface area contributed by atoms with Crippen LogP contribution in [0.4, 0.5) is 0 Å². The molecule has 0 amide bonds. The Kier molecular flexibility index (Phi) is 1.75. The molecule has 1 N–H and O–H groups in total. The summed E-state index contributed by atoms with van der Waals surface area (Å²) in [6, 6.07) is 0. The lowest BCUT2D eigenvalue weighted by Crippen LogP contribution is -2.21. The molecular weight excluding hydrogens is 224 g/mol. The highest BCUT2D eigenvalue weighted by Gasteiger charge is 2.56. The molecule has 4 heteroatoms. The molecule has 0 spiro atoms. The van der Waals surface area contributed by atoms with E-state index in [-0.39, 0.29) is 22.4 Å². The molecule has 0 aromatic rings. The molecule has 2 saturated carbocycles. The zero-order valence-corrected chi connectivity index (χ0v) is 7.95. The predicted octanol–water partition coefficient (Wildman–Crippen LogP) is 1.06. The number of Topliss-reactive ketones (excluding diaryl/α,β-unsaturated/α-hetero) is 1. The molecule has 0 aliphatic heterocycles. The smallest absolute Gasteiger partial charge is 0.307 e. The Balaban J connectivity index is 2.30. The van der Waals surface area contributed by atoms with Gasteiger partial charge in [-0.05, 0) is 18.8 Å². The maximum atomic E-state index is 11.4. The van der Waals surface area contributed by atoms with Crippen LogP contribution in [0.3, 0.4) is 0 Å². The van der Waals surface area contributed by atoms with Crippen molar-refractivity contribution in [1.82, 2.24) is 0 Å². The van der Waals surface area contributed by atoms with Crippen LogP contribution in [0.5, 0.6) is 0 Å². The Morgan fingerprint density at radius 2 is 2.17 bits per heavy atom.